The molecule has 1 unspecified atom stereocenters. The molecule has 2 amide bonds. The maximum atomic E-state index is 15.8. The van der Waals surface area contributed by atoms with E-state index in [-0.39, 0.29) is 23.8 Å². The van der Waals surface area contributed by atoms with Gasteiger partial charge >= 0.3 is 6.09 Å². The third kappa shape index (κ3) is 7.14. The van der Waals surface area contributed by atoms with Crippen LogP contribution in [0, 0.1) is 11.7 Å². The van der Waals surface area contributed by atoms with Crippen LogP contribution in [0.4, 0.5) is 14.9 Å². The summed E-state index contributed by atoms with van der Waals surface area (Å²) >= 11 is 0. The molecule has 2 fully saturated rings. The summed E-state index contributed by atoms with van der Waals surface area (Å²) in [6.07, 6.45) is 8.83. The lowest BCUT2D eigenvalue weighted by molar-refractivity contribution is -0.126. The quantitative estimate of drug-likeness (QED) is 0.335. The van der Waals surface area contributed by atoms with E-state index in [2.05, 4.69) is 35.9 Å². The van der Waals surface area contributed by atoms with Crippen molar-refractivity contribution in [2.75, 3.05) is 31.6 Å². The predicted molar refractivity (Wildman–Crippen MR) is 184 cm³/mol. The average molecular weight is 640 g/mol. The molecule has 0 radical (unpaired) electrons. The number of alkyl carbamates (subject to hydrolysis) is 1. The van der Waals surface area contributed by atoms with Crippen LogP contribution in [0.15, 0.2) is 83.8 Å². The van der Waals surface area contributed by atoms with Crippen molar-refractivity contribution in [2.24, 2.45) is 10.9 Å². The van der Waals surface area contributed by atoms with Gasteiger partial charge < -0.3 is 24.8 Å². The van der Waals surface area contributed by atoms with Crippen molar-refractivity contribution in [1.29, 1.82) is 0 Å². The van der Waals surface area contributed by atoms with Crippen LogP contribution in [0.25, 0.3) is 0 Å². The SMILES string of the molecule is C=CC(/C=C1/N=C(C(=O)N2CCc3ccccc3[C@H]2C)C=C(C2CC2)N1C)c1ccc(N2CC[C@@H](NC(=O)OC(C)(C)C)C2)cc1F. The summed E-state index contributed by atoms with van der Waals surface area (Å²) in [6, 6.07) is 13.4. The fourth-order valence-corrected chi connectivity index (χ4v) is 6.84. The highest BCUT2D eigenvalue weighted by atomic mass is 19.1. The average Bonchev–Trinajstić information content (AvgIpc) is 3.77. The number of benzene rings is 2. The zero-order valence-corrected chi connectivity index (χ0v) is 28.1. The van der Waals surface area contributed by atoms with Crippen LogP contribution in [0.3, 0.4) is 0 Å². The molecule has 3 heterocycles. The van der Waals surface area contributed by atoms with E-state index in [9.17, 15) is 9.59 Å². The van der Waals surface area contributed by atoms with Crippen molar-refractivity contribution >= 4 is 23.4 Å². The Bertz CT molecular complexity index is 1650. The van der Waals surface area contributed by atoms with Crippen molar-refractivity contribution < 1.29 is 18.7 Å². The monoisotopic (exact) mass is 639 g/mol. The van der Waals surface area contributed by atoms with Crippen LogP contribution >= 0.6 is 0 Å². The molecular formula is C38H46FN5O3. The molecule has 6 rings (SSSR count). The molecule has 0 aromatic heterocycles. The minimum Gasteiger partial charge on any atom is -0.444 e. The maximum absolute atomic E-state index is 15.8. The van der Waals surface area contributed by atoms with Crippen molar-refractivity contribution in [3.8, 4) is 0 Å². The number of rotatable bonds is 7. The second-order valence-corrected chi connectivity index (χ2v) is 14.1. The molecule has 1 N–H and O–H groups in total. The normalized spacial score (nSPS) is 22.8. The van der Waals surface area contributed by atoms with Gasteiger partial charge in [-0.2, -0.15) is 0 Å². The highest BCUT2D eigenvalue weighted by Crippen LogP contribution is 2.41. The molecule has 3 aliphatic heterocycles. The molecule has 1 aliphatic carbocycles. The predicted octanol–water partition coefficient (Wildman–Crippen LogP) is 6.87. The molecule has 9 heteroatoms. The Kier molecular flexibility index (Phi) is 9.01. The van der Waals surface area contributed by atoms with Gasteiger partial charge in [-0.25, -0.2) is 14.2 Å². The first-order chi connectivity index (χ1) is 22.4. The van der Waals surface area contributed by atoms with E-state index < -0.39 is 17.6 Å². The summed E-state index contributed by atoms with van der Waals surface area (Å²) in [4.78, 5) is 37.1. The summed E-state index contributed by atoms with van der Waals surface area (Å²) in [7, 11) is 1.97. The van der Waals surface area contributed by atoms with Gasteiger partial charge in [-0.3, -0.25) is 4.79 Å². The molecule has 2 aromatic rings. The number of hydrogen-bond donors (Lipinski definition) is 1. The summed E-state index contributed by atoms with van der Waals surface area (Å²) in [5.74, 6) is 0.117. The zero-order chi connectivity index (χ0) is 33.5. The Morgan fingerprint density at radius 3 is 2.60 bits per heavy atom. The van der Waals surface area contributed by atoms with Crippen LogP contribution in [0.1, 0.15) is 75.6 Å². The Hall–Kier alpha value is -4.40. The number of nitrogens with zero attached hydrogens (tertiary/aromatic N) is 4. The number of carbonyl (C=O) groups excluding carboxylic acids is 2. The maximum Gasteiger partial charge on any atom is 0.407 e. The van der Waals surface area contributed by atoms with Crippen LogP contribution in [-0.2, 0) is 16.0 Å². The molecule has 1 saturated carbocycles. The number of hydrogen-bond acceptors (Lipinski definition) is 6. The molecule has 0 spiro atoms. The Balaban J connectivity index is 1.21. The highest BCUT2D eigenvalue weighted by molar-refractivity contribution is 6.43. The van der Waals surface area contributed by atoms with Crippen LogP contribution in [-0.4, -0.2) is 65.8 Å². The van der Waals surface area contributed by atoms with Gasteiger partial charge in [-0.1, -0.05) is 36.4 Å². The lowest BCUT2D eigenvalue weighted by Crippen LogP contribution is -2.43. The van der Waals surface area contributed by atoms with Gasteiger partial charge in [0, 0.05) is 44.0 Å². The molecule has 47 heavy (non-hydrogen) atoms. The van der Waals surface area contributed by atoms with Crippen LogP contribution in [0.5, 0.6) is 0 Å². The third-order valence-corrected chi connectivity index (χ3v) is 9.52. The summed E-state index contributed by atoms with van der Waals surface area (Å²) in [6.45, 7) is 13.5. The Labute approximate surface area is 277 Å². The van der Waals surface area contributed by atoms with E-state index in [1.165, 1.54) is 11.1 Å². The first-order valence-electron chi connectivity index (χ1n) is 16.7. The number of nitrogens with one attached hydrogen (secondary N) is 1. The molecule has 248 valence electrons. The number of anilines is 1. The first-order valence-corrected chi connectivity index (χ1v) is 16.7. The summed E-state index contributed by atoms with van der Waals surface area (Å²) < 4.78 is 21.2. The second kappa shape index (κ2) is 13.0. The van der Waals surface area contributed by atoms with Crippen molar-refractivity contribution in [2.45, 2.75) is 77.0 Å². The van der Waals surface area contributed by atoms with E-state index in [0.29, 0.717) is 42.6 Å². The number of amides is 2. The lowest BCUT2D eigenvalue weighted by atomic mass is 9.93. The largest absolute Gasteiger partial charge is 0.444 e. The molecule has 1 saturated heterocycles. The van der Waals surface area contributed by atoms with E-state index in [4.69, 9.17) is 9.73 Å². The molecule has 3 atom stereocenters. The number of fused-ring (bicyclic) bond motifs is 1. The van der Waals surface area contributed by atoms with Gasteiger partial charge in [0.2, 0.25) is 0 Å². The van der Waals surface area contributed by atoms with Gasteiger partial charge in [-0.15, -0.1) is 6.58 Å². The van der Waals surface area contributed by atoms with Gasteiger partial charge in [-0.05, 0) is 100 Å². The Morgan fingerprint density at radius 1 is 1.13 bits per heavy atom. The molecule has 2 aromatic carbocycles. The number of allylic oxidation sites excluding steroid dienone is 3. The summed E-state index contributed by atoms with van der Waals surface area (Å²) in [5.41, 5.74) is 4.63. The van der Waals surface area contributed by atoms with E-state index >= 15 is 4.39 Å². The van der Waals surface area contributed by atoms with Gasteiger partial charge in [0.05, 0.1) is 12.1 Å². The third-order valence-electron chi connectivity index (χ3n) is 9.52. The van der Waals surface area contributed by atoms with Crippen LogP contribution in [0.2, 0.25) is 0 Å². The number of carbonyl (C=O) groups is 2. The van der Waals surface area contributed by atoms with Crippen molar-refractivity contribution in [3.05, 3.63) is 101 Å². The highest BCUT2D eigenvalue weighted by Gasteiger charge is 2.36. The van der Waals surface area contributed by atoms with Crippen molar-refractivity contribution in [3.63, 3.8) is 0 Å². The lowest BCUT2D eigenvalue weighted by Gasteiger charge is -2.36. The van der Waals surface area contributed by atoms with Crippen molar-refractivity contribution in [1.82, 2.24) is 15.1 Å². The number of ether oxygens (including phenoxy) is 1. The smallest absolute Gasteiger partial charge is 0.407 e. The minimum absolute atomic E-state index is 0.0486. The minimum atomic E-state index is -0.568. The standard InChI is InChI=1S/C38H46FN5O3/c1-7-25(31-15-14-29(21-32(31)39)43-18-17-28(23-43)40-37(46)47-38(3,4)5)20-35-41-33(22-34(42(35)6)27-12-13-27)36(45)44-19-16-26-10-8-9-11-30(26)24(44)2/h7-11,14-15,20-22,24-25,27-28H,1,12-13,16-19,23H2,2-6H3,(H,40,46)/b35-20-/t24-,25?,28-/m1/s1. The fourth-order valence-electron chi connectivity index (χ4n) is 6.84. The fraction of sp³-hybridized carbons (Fsp3) is 0.447. The topological polar surface area (TPSA) is 77.5 Å². The second-order valence-electron chi connectivity index (χ2n) is 14.1. The van der Waals surface area contributed by atoms with E-state index in [1.807, 2.05) is 68.0 Å². The van der Waals surface area contributed by atoms with Crippen LogP contribution < -0.4 is 10.2 Å². The number of halogens is 1. The van der Waals surface area contributed by atoms with Gasteiger partial charge in [0.25, 0.3) is 5.91 Å². The summed E-state index contributed by atoms with van der Waals surface area (Å²) in [5, 5.41) is 2.93. The molecule has 4 aliphatic rings. The van der Waals surface area contributed by atoms with Gasteiger partial charge in [0.1, 0.15) is 23.0 Å². The molecule has 0 bridgehead atoms. The first kappa shape index (κ1) is 32.5. The number of aliphatic imine (C=N–C) groups is 1. The van der Waals surface area contributed by atoms with E-state index in [1.54, 1.807) is 18.2 Å². The van der Waals surface area contributed by atoms with Gasteiger partial charge in [0.15, 0.2) is 0 Å². The Morgan fingerprint density at radius 2 is 1.89 bits per heavy atom. The molecule has 8 nitrogen and oxygen atoms in total. The van der Waals surface area contributed by atoms with E-state index in [0.717, 1.165) is 37.1 Å². The zero-order valence-electron chi connectivity index (χ0n) is 28.1. The molecular weight excluding hydrogens is 593 g/mol.